The van der Waals surface area contributed by atoms with Crippen molar-refractivity contribution in [2.45, 2.75) is 20.0 Å². The fourth-order valence-electron chi connectivity index (χ4n) is 4.14. The molecule has 3 aromatic rings. The molecular formula is C22H21ClF2N4O4. The molecule has 5 N–H and O–H groups in total. The summed E-state index contributed by atoms with van der Waals surface area (Å²) in [6.07, 6.45) is 1.76. The fourth-order valence-corrected chi connectivity index (χ4v) is 4.53. The van der Waals surface area contributed by atoms with E-state index < -0.39 is 35.2 Å². The van der Waals surface area contributed by atoms with Crippen molar-refractivity contribution < 1.29 is 23.8 Å². The number of aromatic nitrogens is 1. The van der Waals surface area contributed by atoms with Crippen molar-refractivity contribution in [3.8, 4) is 5.69 Å². The minimum Gasteiger partial charge on any atom is -0.477 e. The molecule has 8 nitrogen and oxygen atoms in total. The highest BCUT2D eigenvalue weighted by Crippen LogP contribution is 2.40. The number of nitrogens with one attached hydrogen (secondary N) is 1. The van der Waals surface area contributed by atoms with Crippen LogP contribution >= 0.6 is 11.6 Å². The van der Waals surface area contributed by atoms with Crippen molar-refractivity contribution in [2.75, 3.05) is 30.4 Å². The van der Waals surface area contributed by atoms with E-state index >= 15 is 4.39 Å². The van der Waals surface area contributed by atoms with Gasteiger partial charge in [-0.1, -0.05) is 11.6 Å². The van der Waals surface area contributed by atoms with E-state index in [2.05, 4.69) is 5.32 Å². The number of carboxylic acids is 1. The molecular weight excluding hydrogens is 458 g/mol. The SMILES string of the molecule is Cc1c(F)c(N2CCCNC2)c(Cl)c2c1c(=O)c(C(=O)O)cn2-c1cc(N)c(F)cc1CO. The predicted molar refractivity (Wildman–Crippen MR) is 121 cm³/mol. The van der Waals surface area contributed by atoms with Crippen molar-refractivity contribution in [3.63, 3.8) is 0 Å². The zero-order valence-electron chi connectivity index (χ0n) is 17.6. The van der Waals surface area contributed by atoms with E-state index in [9.17, 15) is 24.2 Å². The Hall–Kier alpha value is -3.21. The summed E-state index contributed by atoms with van der Waals surface area (Å²) in [5.74, 6) is -3.04. The molecule has 0 radical (unpaired) electrons. The number of anilines is 2. The van der Waals surface area contributed by atoms with Crippen LogP contribution in [0, 0.1) is 18.6 Å². The van der Waals surface area contributed by atoms with Gasteiger partial charge >= 0.3 is 5.97 Å². The normalized spacial score (nSPS) is 14.2. The van der Waals surface area contributed by atoms with Gasteiger partial charge in [0.25, 0.3) is 0 Å². The molecule has 0 bridgehead atoms. The number of rotatable bonds is 4. The number of aliphatic hydroxyl groups is 1. The van der Waals surface area contributed by atoms with E-state index in [0.29, 0.717) is 13.2 Å². The second-order valence-corrected chi connectivity index (χ2v) is 8.19. The molecule has 1 fully saturated rings. The van der Waals surface area contributed by atoms with Crippen molar-refractivity contribution in [3.05, 3.63) is 61.9 Å². The minimum absolute atomic E-state index is 0.0341. The average Bonchev–Trinajstić information content (AvgIpc) is 2.79. The Kier molecular flexibility index (Phi) is 6.00. The third-order valence-electron chi connectivity index (χ3n) is 5.79. The van der Waals surface area contributed by atoms with Gasteiger partial charge in [-0.25, -0.2) is 13.6 Å². The molecule has 174 valence electrons. The zero-order chi connectivity index (χ0) is 24.0. The van der Waals surface area contributed by atoms with Crippen molar-refractivity contribution in [1.82, 2.24) is 9.88 Å². The first-order chi connectivity index (χ1) is 15.7. The summed E-state index contributed by atoms with van der Waals surface area (Å²) >= 11 is 6.69. The summed E-state index contributed by atoms with van der Waals surface area (Å²) in [4.78, 5) is 26.6. The Balaban J connectivity index is 2.20. The highest BCUT2D eigenvalue weighted by Gasteiger charge is 2.28. The molecule has 0 amide bonds. The molecule has 0 aliphatic carbocycles. The van der Waals surface area contributed by atoms with Gasteiger partial charge in [-0.3, -0.25) is 10.1 Å². The number of fused-ring (bicyclic) bond motifs is 1. The van der Waals surface area contributed by atoms with Gasteiger partial charge < -0.3 is 25.4 Å². The lowest BCUT2D eigenvalue weighted by atomic mass is 10.0. The minimum atomic E-state index is -1.53. The number of aryl methyl sites for hydroxylation is 1. The van der Waals surface area contributed by atoms with E-state index in [4.69, 9.17) is 17.3 Å². The summed E-state index contributed by atoms with van der Waals surface area (Å²) in [5.41, 5.74) is 4.13. The van der Waals surface area contributed by atoms with E-state index in [1.54, 1.807) is 4.90 Å². The number of pyridine rings is 1. The number of nitrogens with two attached hydrogens (primary N) is 1. The van der Waals surface area contributed by atoms with Gasteiger partial charge in [0.2, 0.25) is 5.43 Å². The molecule has 0 saturated carbocycles. The lowest BCUT2D eigenvalue weighted by molar-refractivity contribution is 0.0695. The molecule has 33 heavy (non-hydrogen) atoms. The zero-order valence-corrected chi connectivity index (χ0v) is 18.3. The first-order valence-corrected chi connectivity index (χ1v) is 10.5. The van der Waals surface area contributed by atoms with Gasteiger partial charge in [-0.05, 0) is 32.0 Å². The lowest BCUT2D eigenvalue weighted by Crippen LogP contribution is -2.42. The van der Waals surface area contributed by atoms with Crippen LogP contribution < -0.4 is 21.4 Å². The van der Waals surface area contributed by atoms with E-state index in [1.807, 2.05) is 0 Å². The standard InChI is InChI=1S/C22H21ClF2N4O4/c1-10-16-19(17(23)20(18(10)25)28-4-2-3-27-9-28)29(7-12(21(16)31)22(32)33)15-6-14(26)13(24)5-11(15)8-30/h5-7,27,30H,2-4,8-9,26H2,1H3,(H,32,33). The molecule has 0 atom stereocenters. The van der Waals surface area contributed by atoms with Crippen molar-refractivity contribution in [2.24, 2.45) is 0 Å². The number of benzene rings is 2. The largest absolute Gasteiger partial charge is 0.477 e. The summed E-state index contributed by atoms with van der Waals surface area (Å²) in [5, 5.41) is 22.2. The van der Waals surface area contributed by atoms with Crippen LogP contribution in [0.4, 0.5) is 20.2 Å². The van der Waals surface area contributed by atoms with Crippen LogP contribution in [-0.4, -0.2) is 40.5 Å². The Labute approximate surface area is 191 Å². The van der Waals surface area contributed by atoms with Gasteiger partial charge in [0.1, 0.15) is 11.4 Å². The summed E-state index contributed by atoms with van der Waals surface area (Å²) in [7, 11) is 0. The molecule has 1 saturated heterocycles. The summed E-state index contributed by atoms with van der Waals surface area (Å²) in [6.45, 7) is 2.35. The van der Waals surface area contributed by atoms with Crippen LogP contribution in [0.25, 0.3) is 16.6 Å². The number of aromatic carboxylic acids is 1. The average molecular weight is 479 g/mol. The number of halogens is 3. The number of carbonyl (C=O) groups is 1. The number of carboxylic acid groups (broad SMARTS) is 1. The molecule has 2 heterocycles. The molecule has 1 aromatic heterocycles. The van der Waals surface area contributed by atoms with Crippen LogP contribution in [0.3, 0.4) is 0 Å². The highest BCUT2D eigenvalue weighted by molar-refractivity contribution is 6.38. The molecule has 1 aliphatic heterocycles. The van der Waals surface area contributed by atoms with Crippen molar-refractivity contribution in [1.29, 1.82) is 0 Å². The van der Waals surface area contributed by atoms with Crippen LogP contribution in [0.2, 0.25) is 5.02 Å². The van der Waals surface area contributed by atoms with E-state index in [0.717, 1.165) is 25.2 Å². The molecule has 4 rings (SSSR count). The van der Waals surface area contributed by atoms with Gasteiger partial charge in [0.15, 0.2) is 5.82 Å². The Morgan fingerprint density at radius 3 is 2.67 bits per heavy atom. The smallest absolute Gasteiger partial charge is 0.341 e. The highest BCUT2D eigenvalue weighted by atomic mass is 35.5. The molecule has 0 unspecified atom stereocenters. The maximum absolute atomic E-state index is 15.5. The number of nitrogens with zero attached hydrogens (tertiary/aromatic N) is 2. The Morgan fingerprint density at radius 1 is 1.33 bits per heavy atom. The number of hydrogen-bond donors (Lipinski definition) is 4. The summed E-state index contributed by atoms with van der Waals surface area (Å²) < 4.78 is 30.8. The summed E-state index contributed by atoms with van der Waals surface area (Å²) in [6, 6.07) is 2.21. The van der Waals surface area contributed by atoms with Crippen molar-refractivity contribution >= 4 is 39.8 Å². The maximum atomic E-state index is 15.5. The predicted octanol–water partition coefficient (Wildman–Crippen LogP) is 2.76. The van der Waals surface area contributed by atoms with E-state index in [-0.39, 0.29) is 44.1 Å². The number of nitrogen functional groups attached to an aromatic ring is 1. The first kappa shape index (κ1) is 23.0. The van der Waals surface area contributed by atoms with Crippen LogP contribution in [0.15, 0.2) is 23.1 Å². The monoisotopic (exact) mass is 478 g/mol. The second-order valence-electron chi connectivity index (χ2n) is 7.81. The number of aliphatic hydroxyl groups excluding tert-OH is 1. The van der Waals surface area contributed by atoms with Gasteiger partial charge in [-0.15, -0.1) is 0 Å². The molecule has 0 spiro atoms. The molecule has 2 aromatic carbocycles. The number of hydrogen-bond acceptors (Lipinski definition) is 6. The first-order valence-electron chi connectivity index (χ1n) is 10.1. The van der Waals surface area contributed by atoms with Gasteiger partial charge in [0.05, 0.1) is 46.3 Å². The van der Waals surface area contributed by atoms with Crippen LogP contribution in [-0.2, 0) is 6.61 Å². The molecule has 1 aliphatic rings. The fraction of sp³-hybridized carbons (Fsp3) is 0.273. The Morgan fingerprint density at radius 2 is 2.06 bits per heavy atom. The second kappa shape index (κ2) is 8.62. The Bertz CT molecular complexity index is 1350. The van der Waals surface area contributed by atoms with Crippen LogP contribution in [0.1, 0.15) is 27.9 Å². The topological polar surface area (TPSA) is 121 Å². The van der Waals surface area contributed by atoms with E-state index in [1.165, 1.54) is 17.6 Å². The van der Waals surface area contributed by atoms with Crippen LogP contribution in [0.5, 0.6) is 0 Å². The third kappa shape index (κ3) is 3.69. The third-order valence-corrected chi connectivity index (χ3v) is 6.15. The maximum Gasteiger partial charge on any atom is 0.341 e. The molecule has 11 heteroatoms. The van der Waals surface area contributed by atoms with Gasteiger partial charge in [-0.2, -0.15) is 0 Å². The lowest BCUT2D eigenvalue weighted by Gasteiger charge is -2.32. The van der Waals surface area contributed by atoms with Gasteiger partial charge in [0, 0.05) is 23.9 Å². The quantitative estimate of drug-likeness (QED) is 0.425.